The summed E-state index contributed by atoms with van der Waals surface area (Å²) in [6, 6.07) is 11.8. The monoisotopic (exact) mass is 355 g/mol. The lowest BCUT2D eigenvalue weighted by molar-refractivity contribution is -0.137. The summed E-state index contributed by atoms with van der Waals surface area (Å²) in [6.07, 6.45) is -4.44. The number of nitrogens with one attached hydrogen (secondary N) is 1. The van der Waals surface area contributed by atoms with Crippen molar-refractivity contribution in [1.82, 2.24) is 14.8 Å². The molecule has 0 bridgehead atoms. The third-order valence-electron chi connectivity index (χ3n) is 3.22. The van der Waals surface area contributed by atoms with E-state index in [-0.39, 0.29) is 10.5 Å². The molecule has 3 aromatic rings. The van der Waals surface area contributed by atoms with E-state index in [2.05, 4.69) is 10.2 Å². The fraction of sp³-hybridized carbons (Fsp3) is 0.0667. The van der Waals surface area contributed by atoms with E-state index in [9.17, 15) is 13.2 Å². The number of hydrogen-bond acceptors (Lipinski definition) is 2. The Morgan fingerprint density at radius 2 is 1.83 bits per heavy atom. The Kier molecular flexibility index (Phi) is 3.99. The van der Waals surface area contributed by atoms with Crippen LogP contribution in [0.15, 0.2) is 48.5 Å². The van der Waals surface area contributed by atoms with Gasteiger partial charge >= 0.3 is 6.18 Å². The van der Waals surface area contributed by atoms with Crippen LogP contribution in [0, 0.1) is 4.77 Å². The van der Waals surface area contributed by atoms with E-state index < -0.39 is 11.7 Å². The van der Waals surface area contributed by atoms with Gasteiger partial charge in [0.2, 0.25) is 0 Å². The number of aromatic nitrogens is 3. The molecule has 1 aromatic heterocycles. The van der Waals surface area contributed by atoms with Crippen molar-refractivity contribution >= 4 is 23.8 Å². The van der Waals surface area contributed by atoms with Gasteiger partial charge < -0.3 is 0 Å². The van der Waals surface area contributed by atoms with Crippen LogP contribution in [0.2, 0.25) is 5.02 Å². The van der Waals surface area contributed by atoms with Gasteiger partial charge in [0.15, 0.2) is 10.6 Å². The van der Waals surface area contributed by atoms with Gasteiger partial charge in [-0.15, -0.1) is 0 Å². The molecule has 118 valence electrons. The fourth-order valence-corrected chi connectivity index (χ4v) is 2.64. The van der Waals surface area contributed by atoms with Crippen molar-refractivity contribution in [2.24, 2.45) is 0 Å². The highest BCUT2D eigenvalue weighted by molar-refractivity contribution is 7.71. The second kappa shape index (κ2) is 5.82. The molecule has 3 nitrogen and oxygen atoms in total. The zero-order valence-corrected chi connectivity index (χ0v) is 13.0. The smallest absolute Gasteiger partial charge is 0.268 e. The second-order valence-corrected chi connectivity index (χ2v) is 5.51. The molecule has 0 unspecified atom stereocenters. The summed E-state index contributed by atoms with van der Waals surface area (Å²) in [7, 11) is 0. The molecular formula is C15H9ClF3N3S. The molecule has 0 aliphatic rings. The van der Waals surface area contributed by atoms with E-state index in [0.29, 0.717) is 16.4 Å². The van der Waals surface area contributed by atoms with Gasteiger partial charge in [-0.3, -0.25) is 9.67 Å². The van der Waals surface area contributed by atoms with Crippen LogP contribution < -0.4 is 0 Å². The fourth-order valence-electron chi connectivity index (χ4n) is 2.18. The molecule has 0 saturated carbocycles. The molecule has 8 heteroatoms. The Morgan fingerprint density at radius 1 is 1.09 bits per heavy atom. The molecule has 0 amide bonds. The van der Waals surface area contributed by atoms with Crippen molar-refractivity contribution in [1.29, 1.82) is 0 Å². The van der Waals surface area contributed by atoms with Crippen LogP contribution in [0.1, 0.15) is 5.56 Å². The number of nitrogens with zero attached hydrogens (tertiary/aromatic N) is 2. The third-order valence-corrected chi connectivity index (χ3v) is 3.82. The first-order valence-corrected chi connectivity index (χ1v) is 7.26. The van der Waals surface area contributed by atoms with Crippen molar-refractivity contribution in [3.05, 3.63) is 63.9 Å². The van der Waals surface area contributed by atoms with Gasteiger partial charge in [-0.1, -0.05) is 29.8 Å². The van der Waals surface area contributed by atoms with Crippen molar-refractivity contribution < 1.29 is 13.2 Å². The summed E-state index contributed by atoms with van der Waals surface area (Å²) in [5.41, 5.74) is 0.0654. The first-order valence-electron chi connectivity index (χ1n) is 6.48. The van der Waals surface area contributed by atoms with E-state index in [1.807, 2.05) is 0 Å². The third kappa shape index (κ3) is 3.02. The molecule has 3 rings (SSSR count). The molecule has 0 aliphatic carbocycles. The van der Waals surface area contributed by atoms with Gasteiger partial charge in [0, 0.05) is 5.56 Å². The van der Waals surface area contributed by atoms with Crippen LogP contribution >= 0.6 is 23.8 Å². The summed E-state index contributed by atoms with van der Waals surface area (Å²) in [5.74, 6) is 0.347. The number of H-pyrrole nitrogens is 1. The minimum absolute atomic E-state index is 0.180. The SMILES string of the molecule is FC(F)(F)c1cccc(-n2c(-c3ccccc3Cl)n[nH]c2=S)c1. The zero-order chi connectivity index (χ0) is 16.6. The zero-order valence-electron chi connectivity index (χ0n) is 11.4. The maximum absolute atomic E-state index is 12.9. The average Bonchev–Trinajstić information content (AvgIpc) is 2.88. The number of alkyl halides is 3. The predicted molar refractivity (Wildman–Crippen MR) is 84.2 cm³/mol. The van der Waals surface area contributed by atoms with Gasteiger partial charge in [-0.2, -0.15) is 18.3 Å². The van der Waals surface area contributed by atoms with Crippen LogP contribution in [-0.2, 0) is 6.18 Å². The van der Waals surface area contributed by atoms with Crippen LogP contribution in [0.25, 0.3) is 17.1 Å². The van der Waals surface area contributed by atoms with Crippen molar-refractivity contribution in [2.75, 3.05) is 0 Å². The molecule has 0 saturated heterocycles. The van der Waals surface area contributed by atoms with Crippen molar-refractivity contribution in [3.63, 3.8) is 0 Å². The first-order chi connectivity index (χ1) is 10.9. The molecule has 0 aliphatic heterocycles. The Morgan fingerprint density at radius 3 is 2.52 bits per heavy atom. The van der Waals surface area contributed by atoms with Gasteiger partial charge in [0.25, 0.3) is 0 Å². The normalized spacial score (nSPS) is 11.7. The molecule has 0 radical (unpaired) electrons. The lowest BCUT2D eigenvalue weighted by Crippen LogP contribution is -2.06. The molecule has 23 heavy (non-hydrogen) atoms. The number of hydrogen-bond donors (Lipinski definition) is 1. The van der Waals surface area contributed by atoms with Crippen molar-refractivity contribution in [2.45, 2.75) is 6.18 Å². The molecular weight excluding hydrogens is 347 g/mol. The van der Waals surface area contributed by atoms with Crippen LogP contribution in [0.5, 0.6) is 0 Å². The summed E-state index contributed by atoms with van der Waals surface area (Å²) < 4.78 is 40.4. The van der Waals surface area contributed by atoms with Crippen molar-refractivity contribution in [3.8, 4) is 17.1 Å². The van der Waals surface area contributed by atoms with Gasteiger partial charge in [-0.05, 0) is 42.5 Å². The van der Waals surface area contributed by atoms with E-state index in [4.69, 9.17) is 23.8 Å². The van der Waals surface area contributed by atoms with Gasteiger partial charge in [0.05, 0.1) is 16.3 Å². The molecule has 0 atom stereocenters. The van der Waals surface area contributed by atoms with E-state index in [1.54, 1.807) is 24.3 Å². The van der Waals surface area contributed by atoms with E-state index in [0.717, 1.165) is 12.1 Å². The van der Waals surface area contributed by atoms with E-state index >= 15 is 0 Å². The number of rotatable bonds is 2. The topological polar surface area (TPSA) is 33.6 Å². The Labute approximate surface area is 139 Å². The highest BCUT2D eigenvalue weighted by atomic mass is 35.5. The maximum Gasteiger partial charge on any atom is 0.416 e. The maximum atomic E-state index is 12.9. The summed E-state index contributed by atoms with van der Waals surface area (Å²) in [5, 5.41) is 7.12. The van der Waals surface area contributed by atoms with Gasteiger partial charge in [-0.25, -0.2) is 0 Å². The number of halogens is 4. The molecule has 2 aromatic carbocycles. The lowest BCUT2D eigenvalue weighted by Gasteiger charge is -2.11. The predicted octanol–water partition coefficient (Wildman–Crippen LogP) is 5.27. The Balaban J connectivity index is 2.21. The Bertz CT molecular complexity index is 915. The molecule has 0 fully saturated rings. The molecule has 1 heterocycles. The number of aromatic amines is 1. The van der Waals surface area contributed by atoms with Crippen LogP contribution in [-0.4, -0.2) is 14.8 Å². The average molecular weight is 356 g/mol. The minimum atomic E-state index is -4.44. The standard InChI is InChI=1S/C15H9ClF3N3S/c16-12-7-2-1-6-11(12)13-20-21-14(23)22(13)10-5-3-4-9(8-10)15(17,18)19/h1-8H,(H,21,23). The first kappa shape index (κ1) is 15.8. The summed E-state index contributed by atoms with van der Waals surface area (Å²) in [4.78, 5) is 0. The van der Waals surface area contributed by atoms with Gasteiger partial charge in [0.1, 0.15) is 0 Å². The summed E-state index contributed by atoms with van der Waals surface area (Å²) >= 11 is 11.3. The summed E-state index contributed by atoms with van der Waals surface area (Å²) in [6.45, 7) is 0. The lowest BCUT2D eigenvalue weighted by atomic mass is 10.1. The highest BCUT2D eigenvalue weighted by Crippen LogP contribution is 2.32. The Hall–Kier alpha value is -2.12. The van der Waals surface area contributed by atoms with Crippen LogP contribution in [0.4, 0.5) is 13.2 Å². The second-order valence-electron chi connectivity index (χ2n) is 4.72. The quantitative estimate of drug-likeness (QED) is 0.635. The number of benzene rings is 2. The highest BCUT2D eigenvalue weighted by Gasteiger charge is 2.30. The largest absolute Gasteiger partial charge is 0.416 e. The molecule has 0 spiro atoms. The van der Waals surface area contributed by atoms with Crippen LogP contribution in [0.3, 0.4) is 0 Å². The van der Waals surface area contributed by atoms with E-state index in [1.165, 1.54) is 16.7 Å². The molecule has 1 N–H and O–H groups in total. The minimum Gasteiger partial charge on any atom is -0.268 e.